The lowest BCUT2D eigenvalue weighted by Crippen LogP contribution is -2.53. The highest BCUT2D eigenvalue weighted by molar-refractivity contribution is 14.1. The van der Waals surface area contributed by atoms with Crippen LogP contribution in [0.25, 0.3) is 11.2 Å². The van der Waals surface area contributed by atoms with Crippen LogP contribution in [-0.2, 0) is 14.9 Å². The van der Waals surface area contributed by atoms with E-state index in [1.165, 1.54) is 20.3 Å². The molecule has 0 bridgehead atoms. The average molecular weight is 569 g/mol. The van der Waals surface area contributed by atoms with Gasteiger partial charge in [-0.1, -0.05) is 0 Å². The fraction of sp³-hybridized carbons (Fsp3) is 0.647. The third-order valence-electron chi connectivity index (χ3n) is 4.54. The third kappa shape index (κ3) is 5.16. The Hall–Kier alpha value is -1.81. The van der Waals surface area contributed by atoms with Gasteiger partial charge >= 0.3 is 16.3 Å². The molecule has 14 heteroatoms. The second-order valence-corrected chi connectivity index (χ2v) is 11.3. The molecule has 1 aliphatic heterocycles. The zero-order valence-electron chi connectivity index (χ0n) is 17.8. The van der Waals surface area contributed by atoms with Crippen LogP contribution in [0.4, 0.5) is 15.0 Å². The van der Waals surface area contributed by atoms with Gasteiger partial charge in [0.15, 0.2) is 9.35 Å². The summed E-state index contributed by atoms with van der Waals surface area (Å²) < 4.78 is 47.4. The lowest BCUT2D eigenvalue weighted by molar-refractivity contribution is 0.0463. The zero-order valence-corrected chi connectivity index (χ0v) is 20.8. The summed E-state index contributed by atoms with van der Waals surface area (Å²) >= 11 is 1.89. The van der Waals surface area contributed by atoms with E-state index in [2.05, 4.69) is 20.4 Å². The van der Waals surface area contributed by atoms with Gasteiger partial charge in [-0.25, -0.2) is 19.2 Å². The molecule has 1 fully saturated rings. The van der Waals surface area contributed by atoms with Crippen LogP contribution in [0.3, 0.4) is 0 Å². The highest BCUT2D eigenvalue weighted by Gasteiger charge is 2.33. The molecule has 31 heavy (non-hydrogen) atoms. The van der Waals surface area contributed by atoms with E-state index in [1.54, 1.807) is 25.7 Å². The molecule has 2 aromatic heterocycles. The summed E-state index contributed by atoms with van der Waals surface area (Å²) in [6, 6.07) is -0.691. The number of alkyl carbamates (subject to hydrolysis) is 1. The van der Waals surface area contributed by atoms with E-state index < -0.39 is 34.1 Å². The van der Waals surface area contributed by atoms with Crippen LogP contribution in [0.15, 0.2) is 6.20 Å². The lowest BCUT2D eigenvalue weighted by atomic mass is 10.0. The quantitative estimate of drug-likeness (QED) is 0.551. The number of carbonyl (C=O) groups is 1. The summed E-state index contributed by atoms with van der Waals surface area (Å²) in [6.07, 6.45) is -0.239. The van der Waals surface area contributed by atoms with Gasteiger partial charge in [-0.2, -0.15) is 12.7 Å². The van der Waals surface area contributed by atoms with E-state index in [0.717, 1.165) is 8.39 Å². The molecule has 1 N–H and O–H groups in total. The molecule has 1 aliphatic rings. The number of piperidine rings is 1. The second kappa shape index (κ2) is 8.61. The molecule has 0 radical (unpaired) electrons. The van der Waals surface area contributed by atoms with Crippen molar-refractivity contribution in [3.63, 3.8) is 0 Å². The summed E-state index contributed by atoms with van der Waals surface area (Å²) in [7, 11) is -1.12. The van der Waals surface area contributed by atoms with Gasteiger partial charge in [0.1, 0.15) is 23.1 Å². The Morgan fingerprint density at radius 1 is 1.39 bits per heavy atom. The molecule has 0 saturated carbocycles. The highest BCUT2D eigenvalue weighted by atomic mass is 127. The van der Waals surface area contributed by atoms with E-state index in [-0.39, 0.29) is 12.2 Å². The molecule has 172 valence electrons. The monoisotopic (exact) mass is 569 g/mol. The van der Waals surface area contributed by atoms with Crippen LogP contribution in [-0.4, -0.2) is 83.0 Å². The minimum Gasteiger partial charge on any atom is -0.444 e. The number of rotatable bonds is 4. The maximum atomic E-state index is 14.8. The topological polar surface area (TPSA) is 123 Å². The molecule has 0 spiro atoms. The largest absolute Gasteiger partial charge is 0.444 e. The minimum atomic E-state index is -3.90. The number of ether oxygens (including phenoxy) is 1. The van der Waals surface area contributed by atoms with Crippen molar-refractivity contribution in [2.75, 3.05) is 32.1 Å². The first-order chi connectivity index (χ1) is 14.3. The van der Waals surface area contributed by atoms with Gasteiger partial charge in [0.2, 0.25) is 0 Å². The number of nitrogens with one attached hydrogen (secondary N) is 1. The molecule has 11 nitrogen and oxygen atoms in total. The predicted molar refractivity (Wildman–Crippen MR) is 121 cm³/mol. The van der Waals surface area contributed by atoms with Crippen molar-refractivity contribution in [2.45, 2.75) is 45.0 Å². The number of fused-ring (bicyclic) bond motifs is 1. The van der Waals surface area contributed by atoms with E-state index in [0.29, 0.717) is 28.0 Å². The minimum absolute atomic E-state index is 0.0354. The van der Waals surface area contributed by atoms with E-state index in [9.17, 15) is 17.6 Å². The third-order valence-corrected chi connectivity index (χ3v) is 6.89. The van der Waals surface area contributed by atoms with Crippen molar-refractivity contribution in [1.29, 1.82) is 0 Å². The summed E-state index contributed by atoms with van der Waals surface area (Å²) in [5.41, 5.74) is -0.261. The number of carbonyl (C=O) groups excluding carboxylic acids is 1. The molecule has 0 unspecified atom stereocenters. The van der Waals surface area contributed by atoms with E-state index >= 15 is 0 Å². The van der Waals surface area contributed by atoms with Crippen LogP contribution in [0.1, 0.15) is 27.2 Å². The molecule has 3 rings (SSSR count). The van der Waals surface area contributed by atoms with Gasteiger partial charge in [0, 0.05) is 20.6 Å². The molecule has 2 aromatic rings. The molecule has 0 aliphatic carbocycles. The van der Waals surface area contributed by atoms with Gasteiger partial charge in [-0.15, -0.1) is 9.19 Å². The van der Waals surface area contributed by atoms with Crippen molar-refractivity contribution in [1.82, 2.24) is 28.8 Å². The average Bonchev–Trinajstić information content (AvgIpc) is 2.98. The van der Waals surface area contributed by atoms with Crippen molar-refractivity contribution in [3.8, 4) is 0 Å². The molecular formula is C17H25FIN7O4S. The predicted octanol–water partition coefficient (Wildman–Crippen LogP) is 1.53. The van der Waals surface area contributed by atoms with Gasteiger partial charge in [0.05, 0.1) is 18.8 Å². The fourth-order valence-electron chi connectivity index (χ4n) is 3.03. The van der Waals surface area contributed by atoms with Crippen molar-refractivity contribution in [3.05, 3.63) is 9.90 Å². The first-order valence-corrected chi connectivity index (χ1v) is 12.0. The Bertz CT molecular complexity index is 1090. The Labute approximate surface area is 193 Å². The van der Waals surface area contributed by atoms with Gasteiger partial charge < -0.3 is 15.0 Å². The second-order valence-electron chi connectivity index (χ2n) is 8.33. The van der Waals surface area contributed by atoms with E-state index in [1.807, 2.05) is 22.6 Å². The Morgan fingerprint density at radius 2 is 2.06 bits per heavy atom. The van der Waals surface area contributed by atoms with Crippen molar-refractivity contribution >= 4 is 55.9 Å². The first kappa shape index (κ1) is 23.8. The molecule has 3 heterocycles. The normalized spacial score (nSPS) is 20.3. The number of aromatic nitrogens is 4. The Kier molecular flexibility index (Phi) is 6.63. The standard InChI is InChI=1S/C17H25FIN7O4S/c1-17(2,3)30-16(27)21-11-6-7-25(9-10(11)18)12-8-20-13-14(19)23-26(15(13)22-12)31(28,29)24(4)5/h8,10-11H,6-7,9H2,1-5H3,(H,21,27)/t10-,11+/m1/s1. The van der Waals surface area contributed by atoms with Gasteiger partial charge in [-0.3, -0.25) is 0 Å². The van der Waals surface area contributed by atoms with Crippen LogP contribution in [0.5, 0.6) is 0 Å². The fourth-order valence-corrected chi connectivity index (χ4v) is 4.61. The highest BCUT2D eigenvalue weighted by Crippen LogP contribution is 2.25. The van der Waals surface area contributed by atoms with Gasteiger partial charge in [0.25, 0.3) is 0 Å². The van der Waals surface area contributed by atoms with Crippen molar-refractivity contribution in [2.24, 2.45) is 0 Å². The molecule has 2 atom stereocenters. The maximum Gasteiger partial charge on any atom is 0.407 e. The SMILES string of the molecule is CN(C)S(=O)(=O)n1nc(I)c2ncc(N3CC[C@H](NC(=O)OC(C)(C)C)[C@H](F)C3)nc21. The summed E-state index contributed by atoms with van der Waals surface area (Å²) in [5.74, 6) is 0.331. The Balaban J connectivity index is 1.80. The summed E-state index contributed by atoms with van der Waals surface area (Å²) in [4.78, 5) is 22.3. The number of amides is 1. The Morgan fingerprint density at radius 3 is 2.65 bits per heavy atom. The molecular weight excluding hydrogens is 544 g/mol. The number of hydrogen-bond acceptors (Lipinski definition) is 8. The van der Waals surface area contributed by atoms with Crippen LogP contribution < -0.4 is 10.2 Å². The molecule has 1 amide bonds. The first-order valence-electron chi connectivity index (χ1n) is 9.52. The smallest absolute Gasteiger partial charge is 0.407 e. The summed E-state index contributed by atoms with van der Waals surface area (Å²) in [6.45, 7) is 5.57. The van der Waals surface area contributed by atoms with Gasteiger partial charge in [-0.05, 0) is 49.8 Å². The molecule has 0 aromatic carbocycles. The molecule has 1 saturated heterocycles. The van der Waals surface area contributed by atoms with Crippen LogP contribution >= 0.6 is 22.6 Å². The number of nitrogens with zero attached hydrogens (tertiary/aromatic N) is 6. The summed E-state index contributed by atoms with van der Waals surface area (Å²) in [5, 5.41) is 6.63. The number of alkyl halides is 1. The van der Waals surface area contributed by atoms with Crippen molar-refractivity contribution < 1.29 is 22.3 Å². The lowest BCUT2D eigenvalue weighted by Gasteiger charge is -2.35. The zero-order chi connectivity index (χ0) is 23.1. The number of halogens is 2. The maximum absolute atomic E-state index is 14.8. The van der Waals surface area contributed by atoms with Crippen LogP contribution in [0.2, 0.25) is 0 Å². The van der Waals surface area contributed by atoms with E-state index in [4.69, 9.17) is 4.74 Å². The number of anilines is 1. The number of hydrogen-bond donors (Lipinski definition) is 1. The van der Waals surface area contributed by atoms with Crippen LogP contribution in [0, 0.1) is 3.70 Å².